The van der Waals surface area contributed by atoms with Crippen molar-refractivity contribution in [3.8, 4) is 0 Å². The molecule has 0 fully saturated rings. The van der Waals surface area contributed by atoms with Crippen molar-refractivity contribution in [3.63, 3.8) is 0 Å². The van der Waals surface area contributed by atoms with Crippen molar-refractivity contribution in [1.29, 1.82) is 0 Å². The smallest absolute Gasteiger partial charge is 0.0821 e. The van der Waals surface area contributed by atoms with Crippen LogP contribution in [0.4, 0.5) is 0 Å². The van der Waals surface area contributed by atoms with Gasteiger partial charge in [-0.2, -0.15) is 0 Å². The normalized spacial score (nSPS) is 9.46. The lowest BCUT2D eigenvalue weighted by atomic mass is 10.4. The zero-order valence-electron chi connectivity index (χ0n) is 8.07. The molecule has 0 aromatic carbocycles. The Morgan fingerprint density at radius 2 is 2.08 bits per heavy atom. The lowest BCUT2D eigenvalue weighted by Gasteiger charge is -1.95. The minimum absolute atomic E-state index is 1.11. The van der Waals surface area contributed by atoms with E-state index in [-0.39, 0.29) is 0 Å². The van der Waals surface area contributed by atoms with Gasteiger partial charge in [0.15, 0.2) is 0 Å². The Hall–Kier alpha value is -0.540. The maximum atomic E-state index is 4.25. The summed E-state index contributed by atoms with van der Waals surface area (Å²) in [5.41, 5.74) is 1.11. The summed E-state index contributed by atoms with van der Waals surface area (Å²) < 4.78 is 1.31. The average molecular weight is 211 g/mol. The van der Waals surface area contributed by atoms with Gasteiger partial charge in [0.2, 0.25) is 0 Å². The molecule has 0 aliphatic rings. The van der Waals surface area contributed by atoms with Gasteiger partial charge in [-0.25, -0.2) is 0 Å². The number of aromatic nitrogens is 1. The minimum Gasteiger partial charge on any atom is -0.255 e. The minimum atomic E-state index is 1.11. The van der Waals surface area contributed by atoms with Crippen molar-refractivity contribution in [2.24, 2.45) is 0 Å². The van der Waals surface area contributed by atoms with E-state index in [2.05, 4.69) is 28.8 Å². The first kappa shape index (κ1) is 10.5. The molecular formula is C10H13NS2. The SMILES string of the molecule is CC.CSc1ccnc2ccsc12. The van der Waals surface area contributed by atoms with Crippen LogP contribution in [0.25, 0.3) is 10.2 Å². The molecule has 13 heavy (non-hydrogen) atoms. The Balaban J connectivity index is 0.000000396. The third-order valence-corrected chi connectivity index (χ3v) is 3.37. The highest BCUT2D eigenvalue weighted by Gasteiger charge is 1.99. The molecule has 2 aromatic heterocycles. The Bertz CT molecular complexity index is 368. The summed E-state index contributed by atoms with van der Waals surface area (Å²) in [5, 5.41) is 2.08. The predicted molar refractivity (Wildman–Crippen MR) is 62.7 cm³/mol. The van der Waals surface area contributed by atoms with Gasteiger partial charge < -0.3 is 0 Å². The van der Waals surface area contributed by atoms with E-state index in [0.717, 1.165) is 5.52 Å². The molecule has 0 amide bonds. The molecule has 2 heterocycles. The van der Waals surface area contributed by atoms with Crippen molar-refractivity contribution in [2.75, 3.05) is 6.26 Å². The van der Waals surface area contributed by atoms with Crippen LogP contribution in [-0.4, -0.2) is 11.2 Å². The number of hydrogen-bond donors (Lipinski definition) is 0. The molecule has 1 nitrogen and oxygen atoms in total. The molecule has 0 aliphatic carbocycles. The fourth-order valence-corrected chi connectivity index (χ4v) is 2.65. The fraction of sp³-hybridized carbons (Fsp3) is 0.300. The van der Waals surface area contributed by atoms with Gasteiger partial charge >= 0.3 is 0 Å². The summed E-state index contributed by atoms with van der Waals surface area (Å²) in [5.74, 6) is 0. The second-order valence-corrected chi connectivity index (χ2v) is 3.91. The first-order chi connectivity index (χ1) is 6.42. The van der Waals surface area contributed by atoms with E-state index < -0.39 is 0 Å². The topological polar surface area (TPSA) is 12.9 Å². The number of thioether (sulfide) groups is 1. The largest absolute Gasteiger partial charge is 0.255 e. The number of pyridine rings is 1. The number of rotatable bonds is 1. The van der Waals surface area contributed by atoms with Crippen molar-refractivity contribution in [1.82, 2.24) is 4.98 Å². The van der Waals surface area contributed by atoms with Gasteiger partial charge in [-0.1, -0.05) is 13.8 Å². The van der Waals surface area contributed by atoms with Crippen LogP contribution in [0.2, 0.25) is 0 Å². The summed E-state index contributed by atoms with van der Waals surface area (Å²) >= 11 is 3.53. The summed E-state index contributed by atoms with van der Waals surface area (Å²) in [7, 11) is 0. The zero-order valence-corrected chi connectivity index (χ0v) is 9.71. The molecule has 0 atom stereocenters. The van der Waals surface area contributed by atoms with E-state index in [0.29, 0.717) is 0 Å². The van der Waals surface area contributed by atoms with Crippen LogP contribution < -0.4 is 0 Å². The molecule has 0 saturated heterocycles. The van der Waals surface area contributed by atoms with E-state index in [1.807, 2.05) is 20.0 Å². The summed E-state index contributed by atoms with van der Waals surface area (Å²) in [6, 6.07) is 4.11. The molecular weight excluding hydrogens is 198 g/mol. The Morgan fingerprint density at radius 3 is 2.77 bits per heavy atom. The second kappa shape index (κ2) is 5.25. The number of hydrogen-bond acceptors (Lipinski definition) is 3. The highest BCUT2D eigenvalue weighted by atomic mass is 32.2. The standard InChI is InChI=1S/C8H7NS2.C2H6/c1-10-7-2-4-9-6-3-5-11-8(6)7;1-2/h2-5H,1H3;1-2H3. The van der Waals surface area contributed by atoms with Crippen LogP contribution in [0.3, 0.4) is 0 Å². The van der Waals surface area contributed by atoms with Crippen molar-refractivity contribution < 1.29 is 0 Å². The van der Waals surface area contributed by atoms with Crippen molar-refractivity contribution in [3.05, 3.63) is 23.7 Å². The molecule has 0 radical (unpaired) electrons. The van der Waals surface area contributed by atoms with Crippen molar-refractivity contribution in [2.45, 2.75) is 18.7 Å². The third-order valence-electron chi connectivity index (χ3n) is 1.53. The van der Waals surface area contributed by atoms with Gasteiger partial charge in [-0.15, -0.1) is 23.1 Å². The van der Waals surface area contributed by atoms with E-state index in [1.54, 1.807) is 23.1 Å². The Morgan fingerprint density at radius 1 is 1.31 bits per heavy atom. The predicted octanol–water partition coefficient (Wildman–Crippen LogP) is 4.04. The van der Waals surface area contributed by atoms with Gasteiger partial charge in [0.05, 0.1) is 10.2 Å². The second-order valence-electron chi connectivity index (χ2n) is 2.15. The summed E-state index contributed by atoms with van der Waals surface area (Å²) in [6.07, 6.45) is 3.95. The maximum absolute atomic E-state index is 4.25. The van der Waals surface area contributed by atoms with Gasteiger partial charge in [0, 0.05) is 11.1 Å². The van der Waals surface area contributed by atoms with Crippen LogP contribution in [0.5, 0.6) is 0 Å². The molecule has 0 saturated carbocycles. The molecule has 0 N–H and O–H groups in total. The average Bonchev–Trinajstić information content (AvgIpc) is 2.68. The maximum Gasteiger partial charge on any atom is 0.0821 e. The van der Waals surface area contributed by atoms with Crippen LogP contribution in [0, 0.1) is 0 Å². The number of fused-ring (bicyclic) bond motifs is 1. The zero-order chi connectivity index (χ0) is 9.68. The summed E-state index contributed by atoms with van der Waals surface area (Å²) in [4.78, 5) is 5.57. The molecule has 2 rings (SSSR count). The molecule has 3 heteroatoms. The lowest BCUT2D eigenvalue weighted by molar-refractivity contribution is 1.38. The van der Waals surface area contributed by atoms with E-state index in [9.17, 15) is 0 Å². The molecule has 0 unspecified atom stereocenters. The van der Waals surface area contributed by atoms with Crippen molar-refractivity contribution >= 4 is 33.3 Å². The quantitative estimate of drug-likeness (QED) is 0.660. The number of thiophene rings is 1. The fourth-order valence-electron chi connectivity index (χ4n) is 1.01. The third kappa shape index (κ3) is 2.23. The van der Waals surface area contributed by atoms with Crippen LogP contribution >= 0.6 is 23.1 Å². The first-order valence-corrected chi connectivity index (χ1v) is 6.38. The van der Waals surface area contributed by atoms with E-state index in [1.165, 1.54) is 9.60 Å². The first-order valence-electron chi connectivity index (χ1n) is 4.28. The monoisotopic (exact) mass is 211 g/mol. The van der Waals surface area contributed by atoms with Gasteiger partial charge in [-0.05, 0) is 23.8 Å². The van der Waals surface area contributed by atoms with E-state index >= 15 is 0 Å². The van der Waals surface area contributed by atoms with Gasteiger partial charge in [-0.3, -0.25) is 4.98 Å². The van der Waals surface area contributed by atoms with Crippen LogP contribution in [0.1, 0.15) is 13.8 Å². The highest BCUT2D eigenvalue weighted by Crippen LogP contribution is 2.28. The number of nitrogens with zero attached hydrogens (tertiary/aromatic N) is 1. The molecule has 70 valence electrons. The lowest BCUT2D eigenvalue weighted by Crippen LogP contribution is -1.73. The highest BCUT2D eigenvalue weighted by molar-refractivity contribution is 7.99. The Labute approximate surface area is 87.2 Å². The van der Waals surface area contributed by atoms with Crippen LogP contribution in [0.15, 0.2) is 28.6 Å². The summed E-state index contributed by atoms with van der Waals surface area (Å²) in [6.45, 7) is 4.00. The Kier molecular flexibility index (Phi) is 4.25. The van der Waals surface area contributed by atoms with Gasteiger partial charge in [0.25, 0.3) is 0 Å². The van der Waals surface area contributed by atoms with Gasteiger partial charge in [0.1, 0.15) is 0 Å². The molecule has 2 aromatic rings. The molecule has 0 bridgehead atoms. The van der Waals surface area contributed by atoms with Crippen LogP contribution in [-0.2, 0) is 0 Å². The molecule has 0 spiro atoms. The molecule has 0 aliphatic heterocycles. The van der Waals surface area contributed by atoms with E-state index in [4.69, 9.17) is 0 Å².